The number of amides is 1. The van der Waals surface area contributed by atoms with Crippen LogP contribution < -0.4 is 4.90 Å². The zero-order valence-electron chi connectivity index (χ0n) is 16.2. The Bertz CT molecular complexity index is 1270. The summed E-state index contributed by atoms with van der Waals surface area (Å²) in [5.74, 6) is -0.490. The first-order chi connectivity index (χ1) is 14.6. The Morgan fingerprint density at radius 3 is 2.47 bits per heavy atom. The van der Waals surface area contributed by atoms with Crippen molar-refractivity contribution in [3.05, 3.63) is 112 Å². The smallest absolute Gasteiger partial charge is 0.228 e. The largest absolute Gasteiger partial charge is 0.308 e. The molecule has 1 atom stereocenters. The van der Waals surface area contributed by atoms with Crippen LogP contribution in [0.5, 0.6) is 0 Å². The first kappa shape index (κ1) is 18.8. The molecule has 0 fully saturated rings. The zero-order valence-corrected chi connectivity index (χ0v) is 16.9. The SMILES string of the molecule is O=C1CC(c2ccccc2Cl)c2c(ccc3ccccc23)N1Cc1ccccc1F. The van der Waals surface area contributed by atoms with Crippen molar-refractivity contribution < 1.29 is 9.18 Å². The topological polar surface area (TPSA) is 20.3 Å². The van der Waals surface area contributed by atoms with Crippen LogP contribution in [0, 0.1) is 5.82 Å². The van der Waals surface area contributed by atoms with Crippen molar-refractivity contribution in [1.29, 1.82) is 0 Å². The van der Waals surface area contributed by atoms with E-state index in [0.717, 1.165) is 27.6 Å². The second-order valence-corrected chi connectivity index (χ2v) is 7.98. The molecule has 0 radical (unpaired) electrons. The van der Waals surface area contributed by atoms with Gasteiger partial charge in [0, 0.05) is 28.6 Å². The van der Waals surface area contributed by atoms with Gasteiger partial charge in [0.1, 0.15) is 5.82 Å². The van der Waals surface area contributed by atoms with Gasteiger partial charge in [0.15, 0.2) is 0 Å². The third kappa shape index (κ3) is 3.16. The van der Waals surface area contributed by atoms with Gasteiger partial charge in [-0.25, -0.2) is 4.39 Å². The van der Waals surface area contributed by atoms with Crippen molar-refractivity contribution >= 4 is 34.0 Å². The number of rotatable bonds is 3. The predicted molar refractivity (Wildman–Crippen MR) is 119 cm³/mol. The molecule has 30 heavy (non-hydrogen) atoms. The Morgan fingerprint density at radius 2 is 1.63 bits per heavy atom. The lowest BCUT2D eigenvalue weighted by atomic mass is 9.81. The maximum absolute atomic E-state index is 14.3. The number of fused-ring (bicyclic) bond motifs is 3. The number of carbonyl (C=O) groups is 1. The van der Waals surface area contributed by atoms with Crippen molar-refractivity contribution in [3.8, 4) is 0 Å². The van der Waals surface area contributed by atoms with Crippen LogP contribution in [-0.4, -0.2) is 5.91 Å². The van der Waals surface area contributed by atoms with Crippen molar-refractivity contribution in [1.82, 2.24) is 0 Å². The molecule has 2 nitrogen and oxygen atoms in total. The van der Waals surface area contributed by atoms with E-state index in [4.69, 9.17) is 11.6 Å². The summed E-state index contributed by atoms with van der Waals surface area (Å²) in [5, 5.41) is 2.84. The molecule has 5 rings (SSSR count). The lowest BCUT2D eigenvalue weighted by molar-refractivity contribution is -0.119. The molecule has 1 heterocycles. The highest BCUT2D eigenvalue weighted by Crippen LogP contribution is 2.46. The molecule has 1 unspecified atom stereocenters. The summed E-state index contributed by atoms with van der Waals surface area (Å²) in [6.07, 6.45) is 0.291. The maximum atomic E-state index is 14.3. The van der Waals surface area contributed by atoms with Crippen molar-refractivity contribution in [2.24, 2.45) is 0 Å². The van der Waals surface area contributed by atoms with Gasteiger partial charge in [-0.2, -0.15) is 0 Å². The Balaban J connectivity index is 1.71. The minimum atomic E-state index is -0.305. The van der Waals surface area contributed by atoms with Gasteiger partial charge in [0.2, 0.25) is 5.91 Å². The van der Waals surface area contributed by atoms with Crippen LogP contribution in [-0.2, 0) is 11.3 Å². The first-order valence-electron chi connectivity index (χ1n) is 9.93. The van der Waals surface area contributed by atoms with Crippen LogP contribution >= 0.6 is 11.6 Å². The van der Waals surface area contributed by atoms with Gasteiger partial charge < -0.3 is 4.90 Å². The molecule has 0 N–H and O–H groups in total. The lowest BCUT2D eigenvalue weighted by Crippen LogP contribution is -2.37. The Morgan fingerprint density at radius 1 is 0.900 bits per heavy atom. The third-order valence-electron chi connectivity index (χ3n) is 5.83. The molecule has 148 valence electrons. The summed E-state index contributed by atoms with van der Waals surface area (Å²) >= 11 is 6.54. The number of benzene rings is 4. The van der Waals surface area contributed by atoms with E-state index in [2.05, 4.69) is 12.1 Å². The fourth-order valence-electron chi connectivity index (χ4n) is 4.40. The van der Waals surface area contributed by atoms with E-state index in [-0.39, 0.29) is 24.2 Å². The van der Waals surface area contributed by atoms with Gasteiger partial charge in [-0.3, -0.25) is 4.79 Å². The molecule has 0 bridgehead atoms. The van der Waals surface area contributed by atoms with Crippen LogP contribution in [0.15, 0.2) is 84.9 Å². The third-order valence-corrected chi connectivity index (χ3v) is 6.18. The number of hydrogen-bond donors (Lipinski definition) is 0. The first-order valence-corrected chi connectivity index (χ1v) is 10.3. The maximum Gasteiger partial charge on any atom is 0.228 e. The zero-order chi connectivity index (χ0) is 20.7. The molecular weight excluding hydrogens is 397 g/mol. The standard InChI is InChI=1S/C26H19ClFNO/c27-22-11-5-4-10-20(22)21-15-25(30)29(16-18-8-2-6-12-23(18)28)24-14-13-17-7-1-3-9-19(17)26(21)24/h1-14,21H,15-16H2. The van der Waals surface area contributed by atoms with Crippen molar-refractivity contribution in [2.45, 2.75) is 18.9 Å². The van der Waals surface area contributed by atoms with Crippen molar-refractivity contribution in [2.75, 3.05) is 4.90 Å². The highest BCUT2D eigenvalue weighted by atomic mass is 35.5. The number of hydrogen-bond acceptors (Lipinski definition) is 1. The van der Waals surface area contributed by atoms with Gasteiger partial charge in [-0.1, -0.05) is 78.3 Å². The molecule has 0 aliphatic carbocycles. The lowest BCUT2D eigenvalue weighted by Gasteiger charge is -2.35. The molecule has 0 aromatic heterocycles. The molecule has 1 aliphatic rings. The summed E-state index contributed by atoms with van der Waals surface area (Å²) in [7, 11) is 0. The monoisotopic (exact) mass is 415 g/mol. The fraction of sp³-hybridized carbons (Fsp3) is 0.115. The predicted octanol–water partition coefficient (Wildman–Crippen LogP) is 6.70. The van der Waals surface area contributed by atoms with Crippen LogP contribution in [0.1, 0.15) is 29.0 Å². The average molecular weight is 416 g/mol. The van der Waals surface area contributed by atoms with Gasteiger partial charge in [-0.05, 0) is 40.1 Å². The minimum Gasteiger partial charge on any atom is -0.308 e. The summed E-state index contributed by atoms with van der Waals surface area (Å²) in [6.45, 7) is 0.200. The Labute approximate surface area is 179 Å². The number of halogens is 2. The van der Waals surface area contributed by atoms with Crippen LogP contribution in [0.3, 0.4) is 0 Å². The fourth-order valence-corrected chi connectivity index (χ4v) is 4.67. The van der Waals surface area contributed by atoms with E-state index in [1.54, 1.807) is 23.1 Å². The molecule has 0 saturated carbocycles. The normalized spacial score (nSPS) is 16.0. The summed E-state index contributed by atoms with van der Waals surface area (Å²) < 4.78 is 14.3. The van der Waals surface area contributed by atoms with Crippen LogP contribution in [0.4, 0.5) is 10.1 Å². The summed E-state index contributed by atoms with van der Waals surface area (Å²) in [6, 6.07) is 26.4. The summed E-state index contributed by atoms with van der Waals surface area (Å²) in [5.41, 5.74) is 3.33. The molecule has 0 spiro atoms. The average Bonchev–Trinajstić information content (AvgIpc) is 2.77. The molecule has 4 aromatic carbocycles. The minimum absolute atomic E-state index is 0.0362. The Hall–Kier alpha value is -3.17. The van der Waals surface area contributed by atoms with E-state index in [1.165, 1.54) is 6.07 Å². The van der Waals surface area contributed by atoms with Gasteiger partial charge in [0.25, 0.3) is 0 Å². The molecule has 1 amide bonds. The van der Waals surface area contributed by atoms with E-state index in [1.807, 2.05) is 48.5 Å². The van der Waals surface area contributed by atoms with Gasteiger partial charge in [-0.15, -0.1) is 0 Å². The van der Waals surface area contributed by atoms with Gasteiger partial charge in [0.05, 0.1) is 6.54 Å². The molecular formula is C26H19ClFNO. The van der Waals surface area contributed by atoms with Gasteiger partial charge >= 0.3 is 0 Å². The second kappa shape index (κ2) is 7.58. The van der Waals surface area contributed by atoms with E-state index >= 15 is 0 Å². The van der Waals surface area contributed by atoms with Crippen LogP contribution in [0.25, 0.3) is 10.8 Å². The molecule has 0 saturated heterocycles. The number of anilines is 1. The quantitative estimate of drug-likeness (QED) is 0.364. The summed E-state index contributed by atoms with van der Waals surface area (Å²) in [4.78, 5) is 15.0. The van der Waals surface area contributed by atoms with E-state index < -0.39 is 0 Å². The number of carbonyl (C=O) groups excluding carboxylic acids is 1. The second-order valence-electron chi connectivity index (χ2n) is 7.57. The Kier molecular flexibility index (Phi) is 4.76. The highest BCUT2D eigenvalue weighted by molar-refractivity contribution is 6.31. The number of nitrogens with zero attached hydrogens (tertiary/aromatic N) is 1. The molecule has 4 heteroatoms. The van der Waals surface area contributed by atoms with Crippen molar-refractivity contribution in [3.63, 3.8) is 0 Å². The molecule has 4 aromatic rings. The highest BCUT2D eigenvalue weighted by Gasteiger charge is 2.34. The molecule has 1 aliphatic heterocycles. The van der Waals surface area contributed by atoms with E-state index in [0.29, 0.717) is 17.0 Å². The van der Waals surface area contributed by atoms with Crippen LogP contribution in [0.2, 0.25) is 5.02 Å². The van der Waals surface area contributed by atoms with E-state index in [9.17, 15) is 9.18 Å².